The summed E-state index contributed by atoms with van der Waals surface area (Å²) in [5, 5.41) is -0.171. The molecule has 0 amide bonds. The van der Waals surface area contributed by atoms with Crippen molar-refractivity contribution < 1.29 is 12.8 Å². The van der Waals surface area contributed by atoms with Gasteiger partial charge in [-0.15, -0.1) is 0 Å². The number of nitrogens with one attached hydrogen (secondary N) is 1. The van der Waals surface area contributed by atoms with Gasteiger partial charge in [-0.2, -0.15) is 0 Å². The van der Waals surface area contributed by atoms with Gasteiger partial charge in [0.05, 0.1) is 15.7 Å². The average molecular weight is 283 g/mol. The molecular weight excluding hydrogens is 275 g/mol. The van der Waals surface area contributed by atoms with Crippen LogP contribution in [0.2, 0.25) is 5.02 Å². The normalized spacial score (nSPS) is 11.1. The van der Waals surface area contributed by atoms with Crippen LogP contribution in [0.1, 0.15) is 0 Å². The van der Waals surface area contributed by atoms with Crippen molar-refractivity contribution in [3.63, 3.8) is 0 Å². The van der Waals surface area contributed by atoms with Gasteiger partial charge in [0.1, 0.15) is 11.6 Å². The molecule has 0 fully saturated rings. The van der Waals surface area contributed by atoms with Crippen LogP contribution in [0, 0.1) is 5.82 Å². The molecule has 1 rings (SSSR count). The Morgan fingerprint density at radius 1 is 1.56 bits per heavy atom. The summed E-state index contributed by atoms with van der Waals surface area (Å²) in [6.07, 6.45) is 0. The molecule has 1 aromatic rings. The maximum atomic E-state index is 12.8. The molecule has 0 aliphatic carbocycles. The van der Waals surface area contributed by atoms with Gasteiger partial charge in [-0.05, 0) is 18.2 Å². The predicted molar refractivity (Wildman–Crippen MR) is 65.6 cm³/mol. The summed E-state index contributed by atoms with van der Waals surface area (Å²) in [6.45, 7) is 0. The van der Waals surface area contributed by atoms with Crippen molar-refractivity contribution in [2.24, 2.45) is 5.73 Å². The van der Waals surface area contributed by atoms with Gasteiger partial charge in [0, 0.05) is 0 Å². The standard InChI is InChI=1S/C8H8ClFN2O2S2/c9-6-3-5(1-2-7(6)10)12-16(13,14)4-8(11)15/h1-3,12H,4H2,(H2,11,15). The van der Waals surface area contributed by atoms with E-state index in [9.17, 15) is 12.8 Å². The van der Waals surface area contributed by atoms with Crippen molar-refractivity contribution >= 4 is 44.5 Å². The van der Waals surface area contributed by atoms with Gasteiger partial charge in [0.2, 0.25) is 10.0 Å². The number of anilines is 1. The van der Waals surface area contributed by atoms with Crippen molar-refractivity contribution in [2.75, 3.05) is 10.5 Å². The third-order valence-electron chi connectivity index (χ3n) is 1.53. The molecule has 0 saturated carbocycles. The number of benzene rings is 1. The SMILES string of the molecule is NC(=S)CS(=O)(=O)Nc1ccc(F)c(Cl)c1. The average Bonchev–Trinajstić information content (AvgIpc) is 2.08. The summed E-state index contributed by atoms with van der Waals surface area (Å²) < 4.78 is 37.7. The van der Waals surface area contributed by atoms with Gasteiger partial charge >= 0.3 is 0 Å². The fraction of sp³-hybridized carbons (Fsp3) is 0.125. The zero-order valence-corrected chi connectivity index (χ0v) is 10.3. The van der Waals surface area contributed by atoms with Gasteiger partial charge in [-0.1, -0.05) is 23.8 Å². The first-order valence-electron chi connectivity index (χ1n) is 4.04. The first kappa shape index (κ1) is 13.1. The predicted octanol–water partition coefficient (Wildman–Crippen LogP) is 1.51. The third kappa shape index (κ3) is 3.92. The molecule has 0 unspecified atom stereocenters. The molecule has 0 aliphatic rings. The molecular formula is C8H8ClFN2O2S2. The molecule has 88 valence electrons. The molecule has 3 N–H and O–H groups in total. The molecule has 0 radical (unpaired) electrons. The zero-order chi connectivity index (χ0) is 12.3. The number of hydrogen-bond acceptors (Lipinski definition) is 3. The number of halogens is 2. The highest BCUT2D eigenvalue weighted by atomic mass is 35.5. The van der Waals surface area contributed by atoms with Crippen molar-refractivity contribution in [3.05, 3.63) is 29.0 Å². The van der Waals surface area contributed by atoms with Crippen LogP contribution in [-0.4, -0.2) is 19.2 Å². The van der Waals surface area contributed by atoms with Crippen molar-refractivity contribution in [2.45, 2.75) is 0 Å². The Morgan fingerprint density at radius 3 is 2.69 bits per heavy atom. The minimum Gasteiger partial charge on any atom is -0.392 e. The van der Waals surface area contributed by atoms with Crippen LogP contribution in [0.25, 0.3) is 0 Å². The second-order valence-corrected chi connectivity index (χ2v) is 5.61. The number of nitrogens with two attached hydrogens (primary N) is 1. The molecule has 0 spiro atoms. The second-order valence-electron chi connectivity index (χ2n) is 2.96. The molecule has 4 nitrogen and oxygen atoms in total. The van der Waals surface area contributed by atoms with Gasteiger partial charge in [-0.25, -0.2) is 12.8 Å². The topological polar surface area (TPSA) is 72.2 Å². The zero-order valence-electron chi connectivity index (χ0n) is 7.91. The molecule has 0 aliphatic heterocycles. The van der Waals surface area contributed by atoms with Gasteiger partial charge in [0.25, 0.3) is 0 Å². The van der Waals surface area contributed by atoms with Crippen molar-refractivity contribution in [1.29, 1.82) is 0 Å². The van der Waals surface area contributed by atoms with Crippen LogP contribution in [0.15, 0.2) is 18.2 Å². The minimum atomic E-state index is -3.66. The number of sulfonamides is 1. The van der Waals surface area contributed by atoms with Crippen LogP contribution in [0.5, 0.6) is 0 Å². The lowest BCUT2D eigenvalue weighted by Gasteiger charge is -2.07. The Balaban J connectivity index is 2.88. The lowest BCUT2D eigenvalue weighted by Crippen LogP contribution is -2.26. The molecule has 0 saturated heterocycles. The van der Waals surface area contributed by atoms with Gasteiger partial charge in [0.15, 0.2) is 0 Å². The minimum absolute atomic E-state index is 0.152. The lowest BCUT2D eigenvalue weighted by atomic mass is 10.3. The summed E-state index contributed by atoms with van der Waals surface area (Å²) >= 11 is 9.97. The van der Waals surface area contributed by atoms with Crippen LogP contribution in [-0.2, 0) is 10.0 Å². The second kappa shape index (κ2) is 4.94. The van der Waals surface area contributed by atoms with Crippen molar-refractivity contribution in [1.82, 2.24) is 0 Å². The Hall–Kier alpha value is -0.920. The van der Waals surface area contributed by atoms with E-state index in [1.165, 1.54) is 6.07 Å². The summed E-state index contributed by atoms with van der Waals surface area (Å²) in [7, 11) is -3.66. The number of thiocarbonyl (C=S) groups is 1. The van der Waals surface area contributed by atoms with Crippen LogP contribution < -0.4 is 10.5 Å². The van der Waals surface area contributed by atoms with E-state index in [4.69, 9.17) is 17.3 Å². The summed E-state index contributed by atoms with van der Waals surface area (Å²) in [5.74, 6) is -1.10. The summed E-state index contributed by atoms with van der Waals surface area (Å²) in [4.78, 5) is -0.152. The van der Waals surface area contributed by atoms with Gasteiger partial charge in [-0.3, -0.25) is 4.72 Å². The van der Waals surface area contributed by atoms with E-state index in [1.54, 1.807) is 0 Å². The van der Waals surface area contributed by atoms with E-state index < -0.39 is 21.6 Å². The molecule has 8 heteroatoms. The van der Waals surface area contributed by atoms with Crippen molar-refractivity contribution in [3.8, 4) is 0 Å². The quantitative estimate of drug-likeness (QED) is 0.821. The van der Waals surface area contributed by atoms with E-state index in [0.717, 1.165) is 12.1 Å². The highest BCUT2D eigenvalue weighted by molar-refractivity contribution is 7.95. The van der Waals surface area contributed by atoms with E-state index in [1.807, 2.05) is 0 Å². The fourth-order valence-electron chi connectivity index (χ4n) is 0.963. The third-order valence-corrected chi connectivity index (χ3v) is 3.38. The Labute approximate surface area is 103 Å². The highest BCUT2D eigenvalue weighted by Crippen LogP contribution is 2.20. The van der Waals surface area contributed by atoms with E-state index in [-0.39, 0.29) is 15.7 Å². The summed E-state index contributed by atoms with van der Waals surface area (Å²) in [5.41, 5.74) is 5.27. The largest absolute Gasteiger partial charge is 0.392 e. The Morgan fingerprint density at radius 2 is 2.19 bits per heavy atom. The molecule has 1 aromatic carbocycles. The fourth-order valence-corrected chi connectivity index (χ4v) is 2.54. The van der Waals surface area contributed by atoms with Crippen LogP contribution in [0.3, 0.4) is 0 Å². The Bertz CT molecular complexity index is 519. The maximum absolute atomic E-state index is 12.8. The molecule has 16 heavy (non-hydrogen) atoms. The molecule has 0 atom stereocenters. The lowest BCUT2D eigenvalue weighted by molar-refractivity contribution is 0.604. The Kier molecular flexibility index (Phi) is 4.06. The first-order valence-corrected chi connectivity index (χ1v) is 6.48. The van der Waals surface area contributed by atoms with Gasteiger partial charge < -0.3 is 5.73 Å². The molecule has 0 aromatic heterocycles. The monoisotopic (exact) mass is 282 g/mol. The first-order chi connectivity index (χ1) is 7.30. The highest BCUT2D eigenvalue weighted by Gasteiger charge is 2.12. The number of rotatable bonds is 4. The summed E-state index contributed by atoms with van der Waals surface area (Å²) in [6, 6.07) is 3.47. The van der Waals surface area contributed by atoms with E-state index in [0.29, 0.717) is 0 Å². The number of hydrogen-bond donors (Lipinski definition) is 2. The molecule has 0 heterocycles. The smallest absolute Gasteiger partial charge is 0.239 e. The van der Waals surface area contributed by atoms with Crippen LogP contribution >= 0.6 is 23.8 Å². The maximum Gasteiger partial charge on any atom is 0.239 e. The van der Waals surface area contributed by atoms with E-state index in [2.05, 4.69) is 16.9 Å². The van der Waals surface area contributed by atoms with E-state index >= 15 is 0 Å². The van der Waals surface area contributed by atoms with Crippen LogP contribution in [0.4, 0.5) is 10.1 Å². The molecule has 0 bridgehead atoms.